The van der Waals surface area contributed by atoms with Crippen LogP contribution in [0.5, 0.6) is 0 Å². The van der Waals surface area contributed by atoms with Gasteiger partial charge in [-0.3, -0.25) is 9.69 Å². The fourth-order valence-electron chi connectivity index (χ4n) is 5.51. The molecule has 1 N–H and O–H groups in total. The van der Waals surface area contributed by atoms with Gasteiger partial charge >= 0.3 is 11.7 Å². The third-order valence-corrected chi connectivity index (χ3v) is 7.87. The first-order valence-electron chi connectivity index (χ1n) is 14.5. The highest BCUT2D eigenvalue weighted by Gasteiger charge is 2.30. The van der Waals surface area contributed by atoms with Gasteiger partial charge in [-0.15, -0.1) is 0 Å². The molecule has 224 valence electrons. The Morgan fingerprint density at radius 2 is 1.65 bits per heavy atom. The number of nitrogens with zero attached hydrogens (tertiary/aromatic N) is 5. The van der Waals surface area contributed by atoms with Crippen LogP contribution in [0.25, 0.3) is 5.69 Å². The van der Waals surface area contributed by atoms with Crippen molar-refractivity contribution in [1.29, 1.82) is 0 Å². The number of carbonyl (C=O) groups is 2. The summed E-state index contributed by atoms with van der Waals surface area (Å²) in [6, 6.07) is 22.6. The van der Waals surface area contributed by atoms with Crippen molar-refractivity contribution in [2.75, 3.05) is 38.2 Å². The second-order valence-electron chi connectivity index (χ2n) is 11.0. The first kappa shape index (κ1) is 29.8. The van der Waals surface area contributed by atoms with Crippen molar-refractivity contribution in [1.82, 2.24) is 24.6 Å². The van der Waals surface area contributed by atoms with Crippen molar-refractivity contribution >= 4 is 17.6 Å². The number of methoxy groups -OCH3 is 1. The largest absolute Gasteiger partial charge is 0.465 e. The average Bonchev–Trinajstić information content (AvgIpc) is 3.42. The van der Waals surface area contributed by atoms with E-state index in [0.29, 0.717) is 25.2 Å². The van der Waals surface area contributed by atoms with E-state index in [1.54, 1.807) is 23.0 Å². The second-order valence-corrected chi connectivity index (χ2v) is 11.0. The van der Waals surface area contributed by atoms with Crippen LogP contribution < -0.4 is 15.9 Å². The smallest absolute Gasteiger partial charge is 0.350 e. The van der Waals surface area contributed by atoms with Crippen LogP contribution in [0, 0.1) is 6.92 Å². The highest BCUT2D eigenvalue weighted by atomic mass is 16.5. The number of piperazine rings is 1. The number of esters is 1. The van der Waals surface area contributed by atoms with E-state index in [1.807, 2.05) is 75.4 Å². The summed E-state index contributed by atoms with van der Waals surface area (Å²) in [4.78, 5) is 42.7. The van der Waals surface area contributed by atoms with Gasteiger partial charge in [0.25, 0.3) is 0 Å². The van der Waals surface area contributed by atoms with Gasteiger partial charge in [-0.1, -0.05) is 42.5 Å². The zero-order valence-corrected chi connectivity index (χ0v) is 25.1. The fourth-order valence-corrected chi connectivity index (χ4v) is 5.51. The normalized spacial score (nSPS) is 14.5. The number of amides is 1. The summed E-state index contributed by atoms with van der Waals surface area (Å²) in [6.07, 6.45) is 1.58. The van der Waals surface area contributed by atoms with Crippen LogP contribution >= 0.6 is 0 Å². The number of nitrogens with one attached hydrogen (secondary N) is 1. The van der Waals surface area contributed by atoms with Gasteiger partial charge in [0, 0.05) is 38.4 Å². The molecule has 4 aromatic rings. The number of hydrogen-bond acceptors (Lipinski definition) is 7. The zero-order chi connectivity index (χ0) is 30.5. The van der Waals surface area contributed by atoms with Crippen LogP contribution in [0.4, 0.5) is 5.69 Å². The predicted octanol–water partition coefficient (Wildman–Crippen LogP) is 3.89. The van der Waals surface area contributed by atoms with Gasteiger partial charge in [-0.25, -0.2) is 18.8 Å². The van der Waals surface area contributed by atoms with Gasteiger partial charge in [0.2, 0.25) is 5.91 Å². The fraction of sp³-hybridized carbons (Fsp3) is 0.333. The summed E-state index contributed by atoms with van der Waals surface area (Å²) in [5.74, 6) is -0.455. The molecule has 1 atom stereocenters. The minimum atomic E-state index is -0.425. The van der Waals surface area contributed by atoms with Crippen LogP contribution in [-0.4, -0.2) is 64.4 Å². The highest BCUT2D eigenvalue weighted by molar-refractivity contribution is 5.89. The summed E-state index contributed by atoms with van der Waals surface area (Å²) in [7, 11) is 1.35. The number of hydrogen-bond donors (Lipinski definition) is 1. The second kappa shape index (κ2) is 13.1. The number of aromatic nitrogens is 3. The molecule has 0 radical (unpaired) electrons. The van der Waals surface area contributed by atoms with Crippen molar-refractivity contribution in [2.24, 2.45) is 0 Å². The number of ether oxygens (including phenoxy) is 1. The molecule has 1 unspecified atom stereocenters. The van der Waals surface area contributed by atoms with Crippen LogP contribution in [-0.2, 0) is 16.1 Å². The number of benzene rings is 3. The molecule has 1 fully saturated rings. The lowest BCUT2D eigenvalue weighted by molar-refractivity contribution is -0.127. The summed E-state index contributed by atoms with van der Waals surface area (Å²) >= 11 is 0. The Hall–Kier alpha value is -4.70. The Balaban J connectivity index is 1.26. The summed E-state index contributed by atoms with van der Waals surface area (Å²) in [5.41, 5.74) is 5.06. The molecule has 10 nitrogen and oxygen atoms in total. The Morgan fingerprint density at radius 3 is 2.26 bits per heavy atom. The van der Waals surface area contributed by atoms with Gasteiger partial charge in [-0.2, -0.15) is 5.10 Å². The Labute approximate surface area is 251 Å². The van der Waals surface area contributed by atoms with Crippen molar-refractivity contribution in [2.45, 2.75) is 39.4 Å². The van der Waals surface area contributed by atoms with E-state index >= 15 is 0 Å². The van der Waals surface area contributed by atoms with E-state index in [4.69, 9.17) is 4.74 Å². The van der Waals surface area contributed by atoms with Crippen molar-refractivity contribution in [3.8, 4) is 5.69 Å². The van der Waals surface area contributed by atoms with E-state index < -0.39 is 6.04 Å². The van der Waals surface area contributed by atoms with Crippen LogP contribution in [0.15, 0.2) is 83.9 Å². The number of rotatable bonds is 9. The summed E-state index contributed by atoms with van der Waals surface area (Å²) in [5, 5.41) is 7.35. The molecule has 1 aromatic heterocycles. The van der Waals surface area contributed by atoms with E-state index in [0.717, 1.165) is 41.2 Å². The van der Waals surface area contributed by atoms with E-state index in [1.165, 1.54) is 11.8 Å². The molecular weight excluding hydrogens is 544 g/mol. The van der Waals surface area contributed by atoms with Crippen molar-refractivity contribution < 1.29 is 14.3 Å². The van der Waals surface area contributed by atoms with Crippen molar-refractivity contribution in [3.05, 3.63) is 112 Å². The summed E-state index contributed by atoms with van der Waals surface area (Å²) < 4.78 is 7.84. The maximum atomic E-state index is 13.6. The maximum absolute atomic E-state index is 13.6. The van der Waals surface area contributed by atoms with Crippen molar-refractivity contribution in [3.63, 3.8) is 0 Å². The molecule has 0 spiro atoms. The standard InChI is InChI=1S/C33H38N6O4/c1-23(2)39-33(42)38(22-35-39)29-15-14-28(20-24(29)3)36-16-18-37(19-17-36)30(26-8-6-5-7-9-26)31(40)34-21-25-10-12-27(13-11-25)32(41)43-4/h5-15,20,22-23,30H,16-19,21H2,1-4H3,(H,34,40). The molecule has 1 aliphatic rings. The van der Waals surface area contributed by atoms with Crippen LogP contribution in [0.1, 0.15) is 53.0 Å². The number of anilines is 1. The Morgan fingerprint density at radius 1 is 0.953 bits per heavy atom. The van der Waals surface area contributed by atoms with E-state index in [9.17, 15) is 14.4 Å². The molecular formula is C33H38N6O4. The number of carbonyl (C=O) groups excluding carboxylic acids is 2. The molecule has 5 rings (SSSR count). The molecule has 10 heteroatoms. The van der Waals surface area contributed by atoms with Gasteiger partial charge < -0.3 is 15.0 Å². The third-order valence-electron chi connectivity index (χ3n) is 7.87. The first-order valence-corrected chi connectivity index (χ1v) is 14.5. The monoisotopic (exact) mass is 582 g/mol. The third kappa shape index (κ3) is 6.54. The molecule has 2 heterocycles. The van der Waals surface area contributed by atoms with Crippen LogP contribution in [0.2, 0.25) is 0 Å². The Bertz CT molecular complexity index is 1620. The maximum Gasteiger partial charge on any atom is 0.350 e. The lowest BCUT2D eigenvalue weighted by atomic mass is 10.0. The van der Waals surface area contributed by atoms with Gasteiger partial charge in [0.15, 0.2) is 0 Å². The quantitative estimate of drug-likeness (QED) is 0.299. The van der Waals surface area contributed by atoms with Gasteiger partial charge in [0.05, 0.1) is 24.4 Å². The Kier molecular flexibility index (Phi) is 9.06. The lowest BCUT2D eigenvalue weighted by Gasteiger charge is -2.40. The molecule has 43 heavy (non-hydrogen) atoms. The van der Waals surface area contributed by atoms with E-state index in [2.05, 4.69) is 26.3 Å². The predicted molar refractivity (Wildman–Crippen MR) is 166 cm³/mol. The SMILES string of the molecule is COC(=O)c1ccc(CNC(=O)C(c2ccccc2)N2CCN(c3ccc(-n4cnn(C(C)C)c4=O)c(C)c3)CC2)cc1. The number of aryl methyl sites for hydroxylation is 1. The lowest BCUT2D eigenvalue weighted by Crippen LogP contribution is -2.51. The minimum absolute atomic E-state index is 0.00833. The molecule has 1 saturated heterocycles. The molecule has 0 saturated carbocycles. The molecule has 0 bridgehead atoms. The zero-order valence-electron chi connectivity index (χ0n) is 25.1. The van der Waals surface area contributed by atoms with Crippen LogP contribution in [0.3, 0.4) is 0 Å². The highest BCUT2D eigenvalue weighted by Crippen LogP contribution is 2.27. The molecule has 1 amide bonds. The minimum Gasteiger partial charge on any atom is -0.465 e. The molecule has 1 aliphatic heterocycles. The molecule has 0 aliphatic carbocycles. The van der Waals surface area contributed by atoms with Gasteiger partial charge in [0.1, 0.15) is 12.4 Å². The first-order chi connectivity index (χ1) is 20.8. The molecule has 3 aromatic carbocycles. The van der Waals surface area contributed by atoms with Gasteiger partial charge in [-0.05, 0) is 67.8 Å². The average molecular weight is 583 g/mol. The summed E-state index contributed by atoms with van der Waals surface area (Å²) in [6.45, 7) is 9.18. The topological polar surface area (TPSA) is 102 Å². The van der Waals surface area contributed by atoms with E-state index in [-0.39, 0.29) is 23.6 Å².